The maximum Gasteiger partial charge on any atom is 0.280 e. The molecule has 41 heavy (non-hydrogen) atoms. The lowest BCUT2D eigenvalue weighted by Crippen LogP contribution is -2.25. The first kappa shape index (κ1) is 29.0. The standard InChI is InChI=1S/C26H28N6O6S3/c1-27-10-2-12-37-21-8-7-20-25(30-21)40-26(29-20)31-24(33)23(32-38-16-22-28-11-14-39-22)17-3-5-18(6-4-17)41(34,35)19-9-13-36-15-19/h3-8,11,14,19,27H,2,9-10,12-13,15-16H2,1H3,(H,29,31,33)/b32-23+/t19-/m0/s1. The largest absolute Gasteiger partial charge is 0.478 e. The van der Waals surface area contributed by atoms with Gasteiger partial charge in [-0.25, -0.2) is 23.4 Å². The Morgan fingerprint density at radius 2 is 2.05 bits per heavy atom. The van der Waals surface area contributed by atoms with E-state index in [2.05, 4.69) is 30.7 Å². The minimum Gasteiger partial charge on any atom is -0.478 e. The van der Waals surface area contributed by atoms with Gasteiger partial charge >= 0.3 is 0 Å². The number of thiazole rings is 2. The number of carbonyl (C=O) groups excluding carboxylic acids is 1. The maximum atomic E-state index is 13.4. The molecule has 0 bridgehead atoms. The number of nitrogens with one attached hydrogen (secondary N) is 2. The molecular formula is C26H28N6O6S3. The first-order valence-corrected chi connectivity index (χ1v) is 16.0. The molecule has 1 atom stereocenters. The number of aromatic nitrogens is 3. The third kappa shape index (κ3) is 7.23. The quantitative estimate of drug-likeness (QED) is 0.130. The Balaban J connectivity index is 1.34. The van der Waals surface area contributed by atoms with Gasteiger partial charge in [-0.15, -0.1) is 11.3 Å². The van der Waals surface area contributed by atoms with E-state index in [1.54, 1.807) is 18.3 Å². The van der Waals surface area contributed by atoms with Gasteiger partial charge in [0.15, 0.2) is 27.3 Å². The molecule has 2 N–H and O–H groups in total. The van der Waals surface area contributed by atoms with Crippen LogP contribution in [0.15, 0.2) is 58.0 Å². The summed E-state index contributed by atoms with van der Waals surface area (Å²) in [6.45, 7) is 2.03. The molecule has 1 saturated heterocycles. The van der Waals surface area contributed by atoms with Crippen molar-refractivity contribution in [3.8, 4) is 5.88 Å². The molecule has 5 rings (SSSR count). The molecular weight excluding hydrogens is 589 g/mol. The highest BCUT2D eigenvalue weighted by Gasteiger charge is 2.31. The molecule has 0 aliphatic carbocycles. The molecule has 1 aromatic carbocycles. The van der Waals surface area contributed by atoms with Crippen LogP contribution < -0.4 is 15.4 Å². The summed E-state index contributed by atoms with van der Waals surface area (Å²) in [5.41, 5.74) is 0.937. The minimum atomic E-state index is -3.56. The van der Waals surface area contributed by atoms with Gasteiger partial charge in [-0.1, -0.05) is 28.6 Å². The fourth-order valence-electron chi connectivity index (χ4n) is 3.97. The Morgan fingerprint density at radius 3 is 2.78 bits per heavy atom. The van der Waals surface area contributed by atoms with Crippen molar-refractivity contribution in [1.29, 1.82) is 0 Å². The number of hydrogen-bond acceptors (Lipinski definition) is 13. The number of hydrogen-bond donors (Lipinski definition) is 2. The summed E-state index contributed by atoms with van der Waals surface area (Å²) >= 11 is 2.59. The fraction of sp³-hybridized carbons (Fsp3) is 0.346. The first-order valence-electron chi connectivity index (χ1n) is 12.8. The summed E-state index contributed by atoms with van der Waals surface area (Å²) in [6.07, 6.45) is 2.94. The Bertz CT molecular complexity index is 1600. The summed E-state index contributed by atoms with van der Waals surface area (Å²) in [5.74, 6) is -0.0984. The molecule has 0 spiro atoms. The van der Waals surface area contributed by atoms with Gasteiger partial charge in [0, 0.05) is 29.8 Å². The molecule has 1 amide bonds. The summed E-state index contributed by atoms with van der Waals surface area (Å²) in [5, 5.41) is 12.2. The van der Waals surface area contributed by atoms with Gasteiger partial charge < -0.3 is 19.6 Å². The van der Waals surface area contributed by atoms with E-state index in [9.17, 15) is 13.2 Å². The fourth-order valence-corrected chi connectivity index (χ4v) is 6.90. The lowest BCUT2D eigenvalue weighted by atomic mass is 10.1. The molecule has 1 aliphatic rings. The second-order valence-corrected chi connectivity index (χ2v) is 13.1. The Labute approximate surface area is 244 Å². The zero-order valence-corrected chi connectivity index (χ0v) is 24.6. The Kier molecular flexibility index (Phi) is 9.51. The van der Waals surface area contributed by atoms with Crippen LogP contribution in [-0.2, 0) is 30.8 Å². The smallest absolute Gasteiger partial charge is 0.280 e. The molecule has 1 aliphatic heterocycles. The summed E-state index contributed by atoms with van der Waals surface area (Å²) in [7, 11) is -1.67. The molecule has 1 fully saturated rings. The van der Waals surface area contributed by atoms with Crippen LogP contribution in [0.25, 0.3) is 10.3 Å². The van der Waals surface area contributed by atoms with Crippen LogP contribution in [0.5, 0.6) is 5.88 Å². The highest BCUT2D eigenvalue weighted by molar-refractivity contribution is 7.92. The van der Waals surface area contributed by atoms with Crippen molar-refractivity contribution >= 4 is 59.6 Å². The van der Waals surface area contributed by atoms with Crippen LogP contribution in [0.3, 0.4) is 0 Å². The molecule has 15 heteroatoms. The number of nitrogens with zero attached hydrogens (tertiary/aromatic N) is 4. The second kappa shape index (κ2) is 13.4. The number of carbonyl (C=O) groups is 1. The maximum absolute atomic E-state index is 13.4. The van der Waals surface area contributed by atoms with E-state index in [1.807, 2.05) is 12.4 Å². The SMILES string of the molecule is CNCCCOc1ccc2nc(NC(=O)/C(=N/OCc3nccs3)c3ccc(S(=O)(=O)[C@H]4CCOC4)cc3)sc2n1. The van der Waals surface area contributed by atoms with Gasteiger partial charge in [0.25, 0.3) is 5.91 Å². The van der Waals surface area contributed by atoms with Crippen LogP contribution in [0.2, 0.25) is 0 Å². The van der Waals surface area contributed by atoms with E-state index in [0.29, 0.717) is 51.6 Å². The highest BCUT2D eigenvalue weighted by atomic mass is 32.2. The third-order valence-electron chi connectivity index (χ3n) is 6.10. The number of sulfone groups is 1. The van der Waals surface area contributed by atoms with Crippen LogP contribution in [0.4, 0.5) is 5.13 Å². The average Bonchev–Trinajstić information content (AvgIpc) is 3.76. The molecule has 0 saturated carbocycles. The Hall–Kier alpha value is -3.50. The van der Waals surface area contributed by atoms with E-state index in [4.69, 9.17) is 14.3 Å². The van der Waals surface area contributed by atoms with E-state index >= 15 is 0 Å². The Morgan fingerprint density at radius 1 is 1.20 bits per heavy atom. The van der Waals surface area contributed by atoms with Crippen LogP contribution in [0, 0.1) is 0 Å². The van der Waals surface area contributed by atoms with Crippen molar-refractivity contribution in [2.75, 3.05) is 38.7 Å². The van der Waals surface area contributed by atoms with Gasteiger partial charge in [-0.3, -0.25) is 10.1 Å². The highest BCUT2D eigenvalue weighted by Crippen LogP contribution is 2.27. The second-order valence-electron chi connectivity index (χ2n) is 8.95. The predicted octanol–water partition coefficient (Wildman–Crippen LogP) is 3.26. The molecule has 216 valence electrons. The molecule has 12 nitrogen and oxygen atoms in total. The van der Waals surface area contributed by atoms with Crippen molar-refractivity contribution in [1.82, 2.24) is 20.3 Å². The molecule has 4 heterocycles. The lowest BCUT2D eigenvalue weighted by molar-refractivity contribution is -0.110. The third-order valence-corrected chi connectivity index (χ3v) is 9.91. The zero-order valence-electron chi connectivity index (χ0n) is 22.1. The van der Waals surface area contributed by atoms with Crippen molar-refractivity contribution < 1.29 is 27.5 Å². The van der Waals surface area contributed by atoms with Gasteiger partial charge in [0.05, 0.1) is 23.4 Å². The van der Waals surface area contributed by atoms with E-state index in [1.165, 1.54) is 46.9 Å². The van der Waals surface area contributed by atoms with Crippen LogP contribution >= 0.6 is 22.7 Å². The predicted molar refractivity (Wildman–Crippen MR) is 156 cm³/mol. The van der Waals surface area contributed by atoms with Crippen LogP contribution in [0.1, 0.15) is 23.4 Å². The summed E-state index contributed by atoms with van der Waals surface area (Å²) in [4.78, 5) is 32.7. The van der Waals surface area contributed by atoms with E-state index in [-0.39, 0.29) is 23.8 Å². The number of pyridine rings is 1. The molecule has 0 unspecified atom stereocenters. The number of amides is 1. The number of anilines is 1. The lowest BCUT2D eigenvalue weighted by Gasteiger charge is -2.11. The van der Waals surface area contributed by atoms with Crippen molar-refractivity contribution in [3.05, 3.63) is 58.5 Å². The van der Waals surface area contributed by atoms with Crippen molar-refractivity contribution in [3.63, 3.8) is 0 Å². The first-order chi connectivity index (χ1) is 19.9. The number of ether oxygens (including phenoxy) is 2. The normalized spacial score (nSPS) is 15.7. The van der Waals surface area contributed by atoms with Gasteiger partial charge in [0.1, 0.15) is 15.4 Å². The minimum absolute atomic E-state index is 0.0459. The molecule has 0 radical (unpaired) electrons. The topological polar surface area (TPSA) is 154 Å². The average molecular weight is 617 g/mol. The number of rotatable bonds is 13. The number of oxime groups is 1. The van der Waals surface area contributed by atoms with Gasteiger partial charge in [-0.2, -0.15) is 0 Å². The van der Waals surface area contributed by atoms with Crippen LogP contribution in [-0.4, -0.2) is 73.7 Å². The van der Waals surface area contributed by atoms with E-state index < -0.39 is 21.0 Å². The van der Waals surface area contributed by atoms with Crippen molar-refractivity contribution in [2.24, 2.45) is 5.16 Å². The zero-order chi connectivity index (χ0) is 28.7. The number of benzene rings is 1. The monoisotopic (exact) mass is 616 g/mol. The van der Waals surface area contributed by atoms with Crippen molar-refractivity contribution in [2.45, 2.75) is 29.6 Å². The van der Waals surface area contributed by atoms with Gasteiger partial charge in [-0.05, 0) is 44.6 Å². The molecule has 4 aromatic rings. The summed E-state index contributed by atoms with van der Waals surface area (Å²) < 4.78 is 36.8. The number of fused-ring (bicyclic) bond motifs is 1. The molecule has 3 aromatic heterocycles. The van der Waals surface area contributed by atoms with E-state index in [0.717, 1.165) is 13.0 Å². The van der Waals surface area contributed by atoms with Gasteiger partial charge in [0.2, 0.25) is 5.88 Å². The summed E-state index contributed by atoms with van der Waals surface area (Å²) in [6, 6.07) is 9.51.